The molecule has 148 valence electrons. The second-order valence-corrected chi connectivity index (χ2v) is 10.0. The van der Waals surface area contributed by atoms with Gasteiger partial charge in [0, 0.05) is 18.8 Å². The van der Waals surface area contributed by atoms with E-state index in [1.807, 2.05) is 4.90 Å². The van der Waals surface area contributed by atoms with Crippen LogP contribution in [0.25, 0.3) is 0 Å². The fraction of sp³-hybridized carbons (Fsp3) is 0.409. The van der Waals surface area contributed by atoms with Crippen molar-refractivity contribution in [3.05, 3.63) is 60.2 Å². The molecule has 0 aromatic heterocycles. The van der Waals surface area contributed by atoms with Crippen molar-refractivity contribution in [2.45, 2.75) is 42.8 Å². The van der Waals surface area contributed by atoms with E-state index in [1.54, 1.807) is 54.6 Å². The SMILES string of the molecule is O=C(Nc1cccc(CS(=O)(=O)c2ccccc2)c1)N1CCCC2(CC1)CC2. The fourth-order valence-electron chi connectivity index (χ4n) is 4.01. The highest BCUT2D eigenvalue weighted by Gasteiger charge is 2.43. The number of hydrogen-bond acceptors (Lipinski definition) is 3. The fourth-order valence-corrected chi connectivity index (χ4v) is 5.36. The largest absolute Gasteiger partial charge is 0.325 e. The van der Waals surface area contributed by atoms with Gasteiger partial charge in [-0.2, -0.15) is 0 Å². The van der Waals surface area contributed by atoms with E-state index in [0.717, 1.165) is 25.9 Å². The molecule has 4 rings (SSSR count). The number of urea groups is 1. The van der Waals surface area contributed by atoms with Crippen molar-refractivity contribution < 1.29 is 13.2 Å². The maximum Gasteiger partial charge on any atom is 0.321 e. The molecule has 0 radical (unpaired) electrons. The van der Waals surface area contributed by atoms with Gasteiger partial charge in [-0.1, -0.05) is 30.3 Å². The number of nitrogens with one attached hydrogen (secondary N) is 1. The van der Waals surface area contributed by atoms with Crippen molar-refractivity contribution in [3.63, 3.8) is 0 Å². The van der Waals surface area contributed by atoms with Gasteiger partial charge in [-0.15, -0.1) is 0 Å². The Kier molecular flexibility index (Phi) is 5.15. The van der Waals surface area contributed by atoms with Crippen LogP contribution < -0.4 is 5.32 Å². The van der Waals surface area contributed by atoms with E-state index >= 15 is 0 Å². The van der Waals surface area contributed by atoms with Crippen LogP contribution in [-0.2, 0) is 15.6 Å². The van der Waals surface area contributed by atoms with Gasteiger partial charge in [-0.3, -0.25) is 0 Å². The summed E-state index contributed by atoms with van der Waals surface area (Å²) in [6, 6.07) is 15.5. The van der Waals surface area contributed by atoms with Crippen molar-refractivity contribution in [2.24, 2.45) is 5.41 Å². The highest BCUT2D eigenvalue weighted by atomic mass is 32.2. The molecule has 1 aliphatic carbocycles. The van der Waals surface area contributed by atoms with Crippen LogP contribution in [0.15, 0.2) is 59.5 Å². The molecule has 2 aromatic carbocycles. The van der Waals surface area contributed by atoms with E-state index in [0.29, 0.717) is 21.6 Å². The van der Waals surface area contributed by atoms with E-state index in [-0.39, 0.29) is 11.8 Å². The van der Waals surface area contributed by atoms with Crippen molar-refractivity contribution in [1.29, 1.82) is 0 Å². The summed E-state index contributed by atoms with van der Waals surface area (Å²) in [6.45, 7) is 1.59. The van der Waals surface area contributed by atoms with Crippen LogP contribution in [0.4, 0.5) is 10.5 Å². The lowest BCUT2D eigenvalue weighted by atomic mass is 9.98. The third kappa shape index (κ3) is 4.38. The van der Waals surface area contributed by atoms with E-state index in [9.17, 15) is 13.2 Å². The summed E-state index contributed by atoms with van der Waals surface area (Å²) in [7, 11) is -3.41. The molecular formula is C22H26N2O3S. The van der Waals surface area contributed by atoms with Gasteiger partial charge in [0.1, 0.15) is 0 Å². The third-order valence-electron chi connectivity index (χ3n) is 5.93. The lowest BCUT2D eigenvalue weighted by molar-refractivity contribution is 0.213. The second kappa shape index (κ2) is 7.59. The third-order valence-corrected chi connectivity index (χ3v) is 7.63. The molecule has 1 N–H and O–H groups in total. The Balaban J connectivity index is 1.41. The van der Waals surface area contributed by atoms with Gasteiger partial charge >= 0.3 is 6.03 Å². The molecular weight excluding hydrogens is 372 g/mol. The highest BCUT2D eigenvalue weighted by molar-refractivity contribution is 7.90. The first-order valence-electron chi connectivity index (χ1n) is 9.89. The number of rotatable bonds is 4. The molecule has 2 aliphatic rings. The number of sulfone groups is 1. The number of benzene rings is 2. The van der Waals surface area contributed by atoms with Gasteiger partial charge < -0.3 is 10.2 Å². The number of nitrogens with zero attached hydrogens (tertiary/aromatic N) is 1. The number of anilines is 1. The predicted molar refractivity (Wildman–Crippen MR) is 110 cm³/mol. The van der Waals surface area contributed by atoms with Gasteiger partial charge in [0.2, 0.25) is 0 Å². The first-order chi connectivity index (χ1) is 13.5. The summed E-state index contributed by atoms with van der Waals surface area (Å²) in [5.41, 5.74) is 1.81. The summed E-state index contributed by atoms with van der Waals surface area (Å²) in [5, 5.41) is 2.95. The first-order valence-corrected chi connectivity index (χ1v) is 11.5. The lowest BCUT2D eigenvalue weighted by Gasteiger charge is -2.21. The Hall–Kier alpha value is -2.34. The average molecular weight is 399 g/mol. The monoisotopic (exact) mass is 398 g/mol. The lowest BCUT2D eigenvalue weighted by Crippen LogP contribution is -2.35. The molecule has 0 unspecified atom stereocenters. The predicted octanol–water partition coefficient (Wildman–Crippen LogP) is 4.46. The zero-order chi connectivity index (χ0) is 19.6. The minimum atomic E-state index is -3.41. The molecule has 2 aromatic rings. The van der Waals surface area contributed by atoms with Crippen molar-refractivity contribution in [2.75, 3.05) is 18.4 Å². The average Bonchev–Trinajstić information content (AvgIpc) is 3.48. The molecule has 5 nitrogen and oxygen atoms in total. The Morgan fingerprint density at radius 2 is 1.75 bits per heavy atom. The summed E-state index contributed by atoms with van der Waals surface area (Å²) in [6.07, 6.45) is 5.99. The van der Waals surface area contributed by atoms with Crippen LogP contribution in [0.2, 0.25) is 0 Å². The minimum Gasteiger partial charge on any atom is -0.325 e. The molecule has 1 spiro atoms. The second-order valence-electron chi connectivity index (χ2n) is 8.04. The zero-order valence-electron chi connectivity index (χ0n) is 15.9. The number of hydrogen-bond donors (Lipinski definition) is 1. The van der Waals surface area contributed by atoms with Crippen LogP contribution in [0.5, 0.6) is 0 Å². The number of amides is 2. The smallest absolute Gasteiger partial charge is 0.321 e. The summed E-state index contributed by atoms with van der Waals surface area (Å²) >= 11 is 0. The summed E-state index contributed by atoms with van der Waals surface area (Å²) in [5.74, 6) is -0.0903. The van der Waals surface area contributed by atoms with Crippen LogP contribution in [0, 0.1) is 5.41 Å². The Bertz CT molecular complexity index is 953. The Morgan fingerprint density at radius 1 is 0.964 bits per heavy atom. The van der Waals surface area contributed by atoms with Gasteiger partial charge in [0.15, 0.2) is 9.84 Å². The molecule has 6 heteroatoms. The van der Waals surface area contributed by atoms with Gasteiger partial charge in [-0.25, -0.2) is 13.2 Å². The van der Waals surface area contributed by atoms with E-state index < -0.39 is 9.84 Å². The first kappa shape index (κ1) is 19.0. The quantitative estimate of drug-likeness (QED) is 0.827. The number of carbonyl (C=O) groups is 1. The molecule has 0 bridgehead atoms. The van der Waals surface area contributed by atoms with Crippen LogP contribution in [0.3, 0.4) is 0 Å². The van der Waals surface area contributed by atoms with E-state index in [2.05, 4.69) is 5.32 Å². The number of likely N-dealkylation sites (tertiary alicyclic amines) is 1. The standard InChI is InChI=1S/C22H26N2O3S/c25-21(24-14-5-10-22(11-12-22)13-15-24)23-19-7-4-6-18(16-19)17-28(26,27)20-8-2-1-3-9-20/h1-4,6-9,16H,5,10-15,17H2,(H,23,25). The normalized spacial score (nSPS) is 18.5. The minimum absolute atomic E-state index is 0.0903. The van der Waals surface area contributed by atoms with E-state index in [1.165, 1.54) is 19.3 Å². The van der Waals surface area contributed by atoms with Crippen molar-refractivity contribution in [3.8, 4) is 0 Å². The molecule has 2 amide bonds. The van der Waals surface area contributed by atoms with Crippen molar-refractivity contribution >= 4 is 21.6 Å². The molecule has 28 heavy (non-hydrogen) atoms. The maximum absolute atomic E-state index is 12.7. The molecule has 1 heterocycles. The highest BCUT2D eigenvalue weighted by Crippen LogP contribution is 2.53. The van der Waals surface area contributed by atoms with Crippen molar-refractivity contribution in [1.82, 2.24) is 4.90 Å². The topological polar surface area (TPSA) is 66.5 Å². The summed E-state index contributed by atoms with van der Waals surface area (Å²) in [4.78, 5) is 14.9. The van der Waals surface area contributed by atoms with Gasteiger partial charge in [0.05, 0.1) is 10.6 Å². The zero-order valence-corrected chi connectivity index (χ0v) is 16.7. The van der Waals surface area contributed by atoms with Gasteiger partial charge in [-0.05, 0) is 67.3 Å². The van der Waals surface area contributed by atoms with Crippen LogP contribution in [0.1, 0.15) is 37.7 Å². The molecule has 0 atom stereocenters. The van der Waals surface area contributed by atoms with Crippen LogP contribution in [-0.4, -0.2) is 32.4 Å². The van der Waals surface area contributed by atoms with Crippen LogP contribution >= 0.6 is 0 Å². The summed E-state index contributed by atoms with van der Waals surface area (Å²) < 4.78 is 25.2. The molecule has 1 aliphatic heterocycles. The van der Waals surface area contributed by atoms with Gasteiger partial charge in [0.25, 0.3) is 0 Å². The maximum atomic E-state index is 12.7. The Labute approximate surface area is 166 Å². The molecule has 2 fully saturated rings. The molecule has 1 saturated carbocycles. The molecule has 1 saturated heterocycles. The number of carbonyl (C=O) groups excluding carboxylic acids is 1. The Morgan fingerprint density at radius 3 is 2.50 bits per heavy atom. The van der Waals surface area contributed by atoms with E-state index in [4.69, 9.17) is 0 Å².